The zero-order valence-corrected chi connectivity index (χ0v) is 6.65. The molecule has 0 unspecified atom stereocenters. The van der Waals surface area contributed by atoms with Crippen molar-refractivity contribution in [1.82, 2.24) is 5.32 Å². The molecule has 68 valence electrons. The van der Waals surface area contributed by atoms with Gasteiger partial charge in [-0.15, -0.1) is 0 Å². The maximum atomic E-state index is 10.5. The molecule has 1 heterocycles. The lowest BCUT2D eigenvalue weighted by atomic mass is 9.81. The van der Waals surface area contributed by atoms with Crippen molar-refractivity contribution in [2.24, 2.45) is 5.92 Å². The molecule has 1 fully saturated rings. The standard InChI is InChI=1S/C7H11NO4/c1-3-4(2-5(9)10)6(8-3)7(11)12/h3-4,6,8H,2H2,1H3,(H,9,10)(H,11,12)/t3-,4-,6+/m0/s1. The highest BCUT2D eigenvalue weighted by molar-refractivity contribution is 5.77. The highest BCUT2D eigenvalue weighted by Crippen LogP contribution is 2.24. The molecular weight excluding hydrogens is 162 g/mol. The number of carbonyl (C=O) groups is 2. The van der Waals surface area contributed by atoms with Crippen LogP contribution >= 0.6 is 0 Å². The Morgan fingerprint density at radius 3 is 2.33 bits per heavy atom. The van der Waals surface area contributed by atoms with Crippen LogP contribution in [-0.2, 0) is 9.59 Å². The maximum absolute atomic E-state index is 10.5. The fourth-order valence-electron chi connectivity index (χ4n) is 1.45. The van der Waals surface area contributed by atoms with Crippen LogP contribution in [0.1, 0.15) is 13.3 Å². The zero-order chi connectivity index (χ0) is 9.30. The Labute approximate surface area is 69.4 Å². The molecular formula is C7H11NO4. The normalized spacial score (nSPS) is 33.9. The van der Waals surface area contributed by atoms with Crippen LogP contribution in [0.4, 0.5) is 0 Å². The minimum absolute atomic E-state index is 0.0119. The molecule has 1 rings (SSSR count). The van der Waals surface area contributed by atoms with Crippen LogP contribution in [0.25, 0.3) is 0 Å². The molecule has 1 aliphatic rings. The summed E-state index contributed by atoms with van der Waals surface area (Å²) in [6.45, 7) is 1.78. The maximum Gasteiger partial charge on any atom is 0.321 e. The van der Waals surface area contributed by atoms with E-state index in [1.54, 1.807) is 6.92 Å². The molecule has 1 aliphatic heterocycles. The fraction of sp³-hybridized carbons (Fsp3) is 0.714. The third-order valence-corrected chi connectivity index (χ3v) is 2.19. The van der Waals surface area contributed by atoms with Crippen molar-refractivity contribution in [3.05, 3.63) is 0 Å². The van der Waals surface area contributed by atoms with Crippen LogP contribution in [0.3, 0.4) is 0 Å². The van der Waals surface area contributed by atoms with E-state index in [0.29, 0.717) is 0 Å². The number of rotatable bonds is 3. The summed E-state index contributed by atoms with van der Waals surface area (Å²) >= 11 is 0. The number of aliphatic carboxylic acids is 2. The Bertz CT molecular complexity index is 215. The summed E-state index contributed by atoms with van der Waals surface area (Å²) in [5, 5.41) is 19.8. The van der Waals surface area contributed by atoms with Crippen LogP contribution in [0.5, 0.6) is 0 Å². The minimum atomic E-state index is -0.973. The molecule has 0 spiro atoms. The highest BCUT2D eigenvalue weighted by atomic mass is 16.4. The molecule has 5 nitrogen and oxygen atoms in total. The van der Waals surface area contributed by atoms with Crippen LogP contribution in [-0.4, -0.2) is 34.2 Å². The first kappa shape index (κ1) is 8.99. The summed E-state index contributed by atoms with van der Waals surface area (Å²) in [4.78, 5) is 20.8. The smallest absolute Gasteiger partial charge is 0.321 e. The summed E-state index contributed by atoms with van der Waals surface area (Å²) in [6.07, 6.45) is -0.0782. The van der Waals surface area contributed by atoms with Gasteiger partial charge in [-0.1, -0.05) is 0 Å². The van der Waals surface area contributed by atoms with Gasteiger partial charge in [0.1, 0.15) is 6.04 Å². The van der Waals surface area contributed by atoms with Gasteiger partial charge in [-0.05, 0) is 6.92 Å². The molecule has 3 N–H and O–H groups in total. The van der Waals surface area contributed by atoms with Gasteiger partial charge in [0.05, 0.1) is 6.42 Å². The van der Waals surface area contributed by atoms with Crippen molar-refractivity contribution in [1.29, 1.82) is 0 Å². The van der Waals surface area contributed by atoms with E-state index in [9.17, 15) is 9.59 Å². The van der Waals surface area contributed by atoms with Crippen molar-refractivity contribution in [3.8, 4) is 0 Å². The third kappa shape index (κ3) is 1.55. The number of hydrogen-bond acceptors (Lipinski definition) is 3. The van der Waals surface area contributed by atoms with Gasteiger partial charge in [0.2, 0.25) is 0 Å². The molecule has 5 heteroatoms. The first-order chi connectivity index (χ1) is 5.52. The van der Waals surface area contributed by atoms with Gasteiger partial charge < -0.3 is 15.5 Å². The Morgan fingerprint density at radius 1 is 1.42 bits per heavy atom. The molecule has 12 heavy (non-hydrogen) atoms. The van der Waals surface area contributed by atoms with Crippen LogP contribution < -0.4 is 5.32 Å². The van der Waals surface area contributed by atoms with Gasteiger partial charge in [-0.3, -0.25) is 9.59 Å². The van der Waals surface area contributed by atoms with Crippen LogP contribution in [0.15, 0.2) is 0 Å². The van der Waals surface area contributed by atoms with Gasteiger partial charge in [-0.2, -0.15) is 0 Å². The average Bonchev–Trinajstić information content (AvgIpc) is 1.95. The van der Waals surface area contributed by atoms with E-state index in [2.05, 4.69) is 5.32 Å². The van der Waals surface area contributed by atoms with Crippen molar-refractivity contribution in [3.63, 3.8) is 0 Å². The number of hydrogen-bond donors (Lipinski definition) is 3. The number of nitrogens with one attached hydrogen (secondary N) is 1. The molecule has 1 saturated heterocycles. The highest BCUT2D eigenvalue weighted by Gasteiger charge is 2.43. The summed E-state index contributed by atoms with van der Waals surface area (Å²) < 4.78 is 0. The summed E-state index contributed by atoms with van der Waals surface area (Å²) in [7, 11) is 0. The Balaban J connectivity index is 2.50. The van der Waals surface area contributed by atoms with E-state index >= 15 is 0 Å². The molecule has 0 bridgehead atoms. The lowest BCUT2D eigenvalue weighted by molar-refractivity contribution is -0.148. The molecule has 0 saturated carbocycles. The predicted molar refractivity (Wildman–Crippen MR) is 39.8 cm³/mol. The van der Waals surface area contributed by atoms with Crippen LogP contribution in [0, 0.1) is 5.92 Å². The third-order valence-electron chi connectivity index (χ3n) is 2.19. The molecule has 0 aromatic carbocycles. The molecule has 0 radical (unpaired) electrons. The summed E-state index contributed by atoms with van der Waals surface area (Å²) in [5.74, 6) is -2.20. The monoisotopic (exact) mass is 173 g/mol. The second kappa shape index (κ2) is 3.10. The molecule has 0 aromatic heterocycles. The van der Waals surface area contributed by atoms with Crippen molar-refractivity contribution < 1.29 is 19.8 Å². The first-order valence-electron chi connectivity index (χ1n) is 3.73. The van der Waals surface area contributed by atoms with E-state index in [1.165, 1.54) is 0 Å². The van der Waals surface area contributed by atoms with Gasteiger partial charge in [0.25, 0.3) is 0 Å². The van der Waals surface area contributed by atoms with Gasteiger partial charge in [0, 0.05) is 12.0 Å². The molecule has 0 aromatic rings. The quantitative estimate of drug-likeness (QED) is 0.536. The van der Waals surface area contributed by atoms with Crippen LogP contribution in [0.2, 0.25) is 0 Å². The van der Waals surface area contributed by atoms with Crippen molar-refractivity contribution >= 4 is 11.9 Å². The largest absolute Gasteiger partial charge is 0.481 e. The average molecular weight is 173 g/mol. The zero-order valence-electron chi connectivity index (χ0n) is 6.65. The Morgan fingerprint density at radius 2 is 2.00 bits per heavy atom. The molecule has 0 aliphatic carbocycles. The lowest BCUT2D eigenvalue weighted by Gasteiger charge is -2.40. The van der Waals surface area contributed by atoms with E-state index in [0.717, 1.165) is 0 Å². The lowest BCUT2D eigenvalue weighted by Crippen LogP contribution is -2.63. The van der Waals surface area contributed by atoms with E-state index < -0.39 is 18.0 Å². The van der Waals surface area contributed by atoms with E-state index in [-0.39, 0.29) is 18.4 Å². The predicted octanol–water partition coefficient (Wildman–Crippen LogP) is -0.478. The van der Waals surface area contributed by atoms with Crippen molar-refractivity contribution in [2.45, 2.75) is 25.4 Å². The topological polar surface area (TPSA) is 86.6 Å². The second-order valence-corrected chi connectivity index (χ2v) is 3.03. The number of carboxylic acid groups (broad SMARTS) is 2. The van der Waals surface area contributed by atoms with Gasteiger partial charge in [-0.25, -0.2) is 0 Å². The van der Waals surface area contributed by atoms with Crippen molar-refractivity contribution in [2.75, 3.05) is 0 Å². The SMILES string of the molecule is C[C@@H]1N[C@@H](C(=O)O)[C@H]1CC(=O)O. The van der Waals surface area contributed by atoms with E-state index in [1.807, 2.05) is 0 Å². The van der Waals surface area contributed by atoms with Gasteiger partial charge in [0.15, 0.2) is 0 Å². The number of carboxylic acids is 2. The Kier molecular flexibility index (Phi) is 2.32. The first-order valence-corrected chi connectivity index (χ1v) is 3.73. The Hall–Kier alpha value is -1.10. The summed E-state index contributed by atoms with van der Waals surface area (Å²) in [6, 6.07) is -0.696. The van der Waals surface area contributed by atoms with Gasteiger partial charge >= 0.3 is 11.9 Å². The molecule has 3 atom stereocenters. The minimum Gasteiger partial charge on any atom is -0.481 e. The summed E-state index contributed by atoms with van der Waals surface area (Å²) in [5.41, 5.74) is 0. The molecule has 0 amide bonds. The van der Waals surface area contributed by atoms with E-state index in [4.69, 9.17) is 10.2 Å². The fourth-order valence-corrected chi connectivity index (χ4v) is 1.45. The second-order valence-electron chi connectivity index (χ2n) is 3.03.